The lowest BCUT2D eigenvalue weighted by Crippen LogP contribution is -2.18. The lowest BCUT2D eigenvalue weighted by atomic mass is 9.77. The maximum absolute atomic E-state index is 11.9. The van der Waals surface area contributed by atoms with Gasteiger partial charge in [0, 0.05) is 0 Å². The largest absolute Gasteiger partial charge is 0.505 e. The molecule has 0 saturated carbocycles. The van der Waals surface area contributed by atoms with Crippen molar-refractivity contribution >= 4 is 6.98 Å². The fourth-order valence-corrected chi connectivity index (χ4v) is 0.772. The molecule has 0 spiro atoms. The molecule has 60 valence electrons. The highest BCUT2D eigenvalue weighted by atomic mass is 19.4. The van der Waals surface area contributed by atoms with Gasteiger partial charge in [-0.25, -0.2) is 0 Å². The van der Waals surface area contributed by atoms with Gasteiger partial charge in [0.05, 0.1) is 0 Å². The molecule has 0 aromatic rings. The highest BCUT2D eigenvalue weighted by Gasteiger charge is 2.25. The summed E-state index contributed by atoms with van der Waals surface area (Å²) in [5.74, 6) is 0. The summed E-state index contributed by atoms with van der Waals surface area (Å²) in [6, 6.07) is 0. The maximum Gasteiger partial charge on any atom is 0.505 e. The van der Waals surface area contributed by atoms with Crippen LogP contribution in [0.2, 0.25) is 0 Å². The molecule has 0 N–H and O–H groups in total. The van der Waals surface area contributed by atoms with Crippen molar-refractivity contribution in [3.8, 4) is 0 Å². The molecule has 0 aromatic heterocycles. The quantitative estimate of drug-likeness (QED) is 0.543. The summed E-state index contributed by atoms with van der Waals surface area (Å²) in [4.78, 5) is 0. The summed E-state index contributed by atoms with van der Waals surface area (Å²) in [6.07, 6.45) is 1.81. The first-order valence-electron chi connectivity index (χ1n) is 3.41. The van der Waals surface area contributed by atoms with Crippen molar-refractivity contribution in [2.45, 2.75) is 26.7 Å². The fraction of sp³-hybridized carbons (Fsp3) is 0.667. The van der Waals surface area contributed by atoms with Gasteiger partial charge in [0.1, 0.15) is 0 Å². The third kappa shape index (κ3) is 2.94. The summed E-state index contributed by atoms with van der Waals surface area (Å²) in [5.41, 5.74) is -0.359. The smallest absolute Gasteiger partial charge is 0.445 e. The Hall–Kier alpha value is -0.405. The number of hydrogen-bond donors (Lipinski definition) is 0. The van der Waals surface area contributed by atoms with Crippen molar-refractivity contribution < 1.29 is 12.9 Å². The molecule has 0 heterocycles. The molecule has 0 aromatic carbocycles. The Balaban J connectivity index is 4.21. The average molecular weight is 151 g/mol. The summed E-state index contributed by atoms with van der Waals surface area (Å²) < 4.78 is 35.7. The van der Waals surface area contributed by atoms with Crippen LogP contribution in [0, 0.1) is 0 Å². The predicted octanol–water partition coefficient (Wildman–Crippen LogP) is 3.12. The number of rotatable bonds is 3. The van der Waals surface area contributed by atoms with Gasteiger partial charge in [0.15, 0.2) is 0 Å². The van der Waals surface area contributed by atoms with E-state index in [0.717, 1.165) is 0 Å². The van der Waals surface area contributed by atoms with Crippen molar-refractivity contribution in [2.75, 3.05) is 0 Å². The molecule has 0 nitrogen and oxygen atoms in total. The molecule has 0 unspecified atom stereocenters. The van der Waals surface area contributed by atoms with Gasteiger partial charge in [-0.15, -0.1) is 11.5 Å². The second-order valence-corrected chi connectivity index (χ2v) is 2.12. The first-order valence-corrected chi connectivity index (χ1v) is 3.41. The van der Waals surface area contributed by atoms with Gasteiger partial charge >= 0.3 is 6.98 Å². The van der Waals surface area contributed by atoms with Crippen LogP contribution in [-0.4, -0.2) is 6.98 Å². The minimum Gasteiger partial charge on any atom is -0.445 e. The lowest BCUT2D eigenvalue weighted by molar-refractivity contribution is 0.486. The zero-order chi connectivity index (χ0) is 8.20. The van der Waals surface area contributed by atoms with Crippen LogP contribution in [0.4, 0.5) is 12.9 Å². The Morgan fingerprint density at radius 3 is 1.90 bits per heavy atom. The van der Waals surface area contributed by atoms with E-state index in [-0.39, 0.29) is 11.9 Å². The van der Waals surface area contributed by atoms with Crippen LogP contribution in [0.5, 0.6) is 0 Å². The van der Waals surface area contributed by atoms with E-state index in [0.29, 0.717) is 6.42 Å². The summed E-state index contributed by atoms with van der Waals surface area (Å²) in [6.45, 7) is -1.49. The fourth-order valence-electron chi connectivity index (χ4n) is 0.772. The molecule has 0 amide bonds. The normalized spacial score (nSPS) is 13.9. The minimum atomic E-state index is -4.72. The minimum absolute atomic E-state index is 0.0946. The van der Waals surface area contributed by atoms with Crippen molar-refractivity contribution in [2.24, 2.45) is 0 Å². The van der Waals surface area contributed by atoms with E-state index in [1.807, 2.05) is 0 Å². The van der Waals surface area contributed by atoms with E-state index >= 15 is 0 Å². The molecule has 0 bridgehead atoms. The van der Waals surface area contributed by atoms with Crippen molar-refractivity contribution in [3.63, 3.8) is 0 Å². The molecule has 10 heavy (non-hydrogen) atoms. The van der Waals surface area contributed by atoms with E-state index in [4.69, 9.17) is 0 Å². The van der Waals surface area contributed by atoms with Gasteiger partial charge in [0.25, 0.3) is 0 Å². The van der Waals surface area contributed by atoms with Crippen molar-refractivity contribution in [1.82, 2.24) is 0 Å². The first-order chi connectivity index (χ1) is 4.52. The molecular formula is C6H11BF3-. The predicted molar refractivity (Wildman–Crippen MR) is 37.7 cm³/mol. The first kappa shape index (κ1) is 9.59. The van der Waals surface area contributed by atoms with E-state index in [1.165, 1.54) is 13.0 Å². The maximum atomic E-state index is 11.9. The standard InChI is InChI=1S/C6H11BF3/c1-3-5-6(4-2)7(8,9)10/h5H,3-4H2,1-2H3/q-1. The highest BCUT2D eigenvalue weighted by Crippen LogP contribution is 2.22. The number of halogens is 3. The highest BCUT2D eigenvalue weighted by molar-refractivity contribution is 6.66. The Morgan fingerprint density at radius 1 is 1.30 bits per heavy atom. The van der Waals surface area contributed by atoms with Gasteiger partial charge in [-0.3, -0.25) is 0 Å². The van der Waals surface area contributed by atoms with Gasteiger partial charge < -0.3 is 12.9 Å². The van der Waals surface area contributed by atoms with Crippen LogP contribution >= 0.6 is 0 Å². The molecule has 0 fully saturated rings. The molecule has 0 aliphatic heterocycles. The monoisotopic (exact) mass is 151 g/mol. The van der Waals surface area contributed by atoms with Gasteiger partial charge in [-0.1, -0.05) is 20.3 Å². The van der Waals surface area contributed by atoms with Crippen molar-refractivity contribution in [3.05, 3.63) is 11.5 Å². The van der Waals surface area contributed by atoms with E-state index in [9.17, 15) is 12.9 Å². The Morgan fingerprint density at radius 2 is 1.80 bits per heavy atom. The van der Waals surface area contributed by atoms with Gasteiger partial charge in [-0.2, -0.15) is 0 Å². The van der Waals surface area contributed by atoms with Gasteiger partial charge in [0.2, 0.25) is 0 Å². The van der Waals surface area contributed by atoms with Gasteiger partial charge in [-0.05, 0) is 6.42 Å². The SMILES string of the molecule is CCC=C(CC)[B-](F)(F)F. The van der Waals surface area contributed by atoms with Crippen LogP contribution < -0.4 is 0 Å². The zero-order valence-corrected chi connectivity index (χ0v) is 6.20. The van der Waals surface area contributed by atoms with Crippen molar-refractivity contribution in [1.29, 1.82) is 0 Å². The molecular weight excluding hydrogens is 140 g/mol. The summed E-state index contributed by atoms with van der Waals surface area (Å²) >= 11 is 0. The topological polar surface area (TPSA) is 0 Å². The molecule has 0 rings (SSSR count). The van der Waals surface area contributed by atoms with Crippen LogP contribution in [0.3, 0.4) is 0 Å². The summed E-state index contributed by atoms with van der Waals surface area (Å²) in [5, 5.41) is 0. The zero-order valence-electron chi connectivity index (χ0n) is 6.20. The van der Waals surface area contributed by atoms with E-state index < -0.39 is 6.98 Å². The van der Waals surface area contributed by atoms with E-state index in [2.05, 4.69) is 0 Å². The van der Waals surface area contributed by atoms with E-state index in [1.54, 1.807) is 6.92 Å². The number of allylic oxidation sites excluding steroid dienone is 2. The second-order valence-electron chi connectivity index (χ2n) is 2.12. The Bertz CT molecular complexity index is 125. The van der Waals surface area contributed by atoms with Crippen LogP contribution in [0.15, 0.2) is 11.5 Å². The summed E-state index contributed by atoms with van der Waals surface area (Å²) in [7, 11) is 0. The molecule has 4 heteroatoms. The number of hydrogen-bond acceptors (Lipinski definition) is 0. The van der Waals surface area contributed by atoms with Crippen LogP contribution in [-0.2, 0) is 0 Å². The van der Waals surface area contributed by atoms with Crippen LogP contribution in [0.25, 0.3) is 0 Å². The Kier molecular flexibility index (Phi) is 3.54. The molecule has 0 radical (unpaired) electrons. The second kappa shape index (κ2) is 3.69. The average Bonchev–Trinajstić information content (AvgIpc) is 1.80. The Labute approximate surface area is 59.2 Å². The van der Waals surface area contributed by atoms with Crippen LogP contribution in [0.1, 0.15) is 26.7 Å². The molecule has 0 aliphatic carbocycles. The lowest BCUT2D eigenvalue weighted by Gasteiger charge is -2.17. The molecule has 0 atom stereocenters. The molecule has 0 saturated heterocycles. The molecule has 0 aliphatic rings. The third-order valence-electron chi connectivity index (χ3n) is 1.29. The third-order valence-corrected chi connectivity index (χ3v) is 1.29.